The van der Waals surface area contributed by atoms with Crippen molar-refractivity contribution in [2.45, 2.75) is 0 Å². The number of ether oxygens (including phenoxy) is 2. The standard InChI is InChI=1S/C13H11F2NO2/c1-17-12-7-13(10(16)6-9(12)15)18-11-5-3-2-4-8(11)14/h2-7H,16H2,1H3. The van der Waals surface area contributed by atoms with Gasteiger partial charge in [0.25, 0.3) is 0 Å². The molecule has 18 heavy (non-hydrogen) atoms. The van der Waals surface area contributed by atoms with Crippen LogP contribution in [-0.2, 0) is 0 Å². The molecule has 0 atom stereocenters. The summed E-state index contributed by atoms with van der Waals surface area (Å²) >= 11 is 0. The Labute approximate surface area is 103 Å². The van der Waals surface area contributed by atoms with E-state index in [0.29, 0.717) is 0 Å². The van der Waals surface area contributed by atoms with Gasteiger partial charge in [-0.1, -0.05) is 12.1 Å². The maximum Gasteiger partial charge on any atom is 0.167 e. The zero-order valence-electron chi connectivity index (χ0n) is 9.61. The van der Waals surface area contributed by atoms with Crippen molar-refractivity contribution in [2.75, 3.05) is 12.8 Å². The van der Waals surface area contributed by atoms with Gasteiger partial charge in [-0.3, -0.25) is 0 Å². The zero-order valence-corrected chi connectivity index (χ0v) is 9.61. The van der Waals surface area contributed by atoms with Crippen LogP contribution in [-0.4, -0.2) is 7.11 Å². The van der Waals surface area contributed by atoms with Gasteiger partial charge >= 0.3 is 0 Å². The minimum absolute atomic E-state index is 0.0119. The summed E-state index contributed by atoms with van der Waals surface area (Å²) in [6, 6.07) is 8.20. The van der Waals surface area contributed by atoms with Gasteiger partial charge in [-0.25, -0.2) is 8.78 Å². The lowest BCUT2D eigenvalue weighted by atomic mass is 10.2. The fourth-order valence-electron chi connectivity index (χ4n) is 1.44. The summed E-state index contributed by atoms with van der Waals surface area (Å²) in [5.41, 5.74) is 5.67. The summed E-state index contributed by atoms with van der Waals surface area (Å²) in [4.78, 5) is 0. The van der Waals surface area contributed by atoms with Crippen molar-refractivity contribution in [2.24, 2.45) is 0 Å². The molecule has 2 aromatic rings. The minimum atomic E-state index is -0.601. The van der Waals surface area contributed by atoms with E-state index < -0.39 is 11.6 Å². The molecule has 3 nitrogen and oxygen atoms in total. The number of para-hydroxylation sites is 1. The van der Waals surface area contributed by atoms with E-state index in [4.69, 9.17) is 15.2 Å². The Kier molecular flexibility index (Phi) is 3.32. The molecule has 0 fully saturated rings. The molecule has 0 amide bonds. The van der Waals surface area contributed by atoms with E-state index in [2.05, 4.69) is 0 Å². The van der Waals surface area contributed by atoms with Crippen LogP contribution in [0.25, 0.3) is 0 Å². The second-order valence-corrected chi connectivity index (χ2v) is 3.56. The Morgan fingerprint density at radius 3 is 2.33 bits per heavy atom. The summed E-state index contributed by atoms with van der Waals surface area (Å²) < 4.78 is 36.8. The SMILES string of the molecule is COc1cc(Oc2ccccc2F)c(N)cc1F. The molecule has 0 saturated carbocycles. The average molecular weight is 251 g/mol. The van der Waals surface area contributed by atoms with E-state index in [9.17, 15) is 8.78 Å². The molecule has 2 aromatic carbocycles. The van der Waals surface area contributed by atoms with E-state index >= 15 is 0 Å². The van der Waals surface area contributed by atoms with Crippen LogP contribution >= 0.6 is 0 Å². The number of rotatable bonds is 3. The first-order chi connectivity index (χ1) is 8.61. The number of hydrogen-bond acceptors (Lipinski definition) is 3. The van der Waals surface area contributed by atoms with Gasteiger partial charge in [-0.15, -0.1) is 0 Å². The summed E-state index contributed by atoms with van der Waals surface area (Å²) in [6.45, 7) is 0. The molecular weight excluding hydrogens is 240 g/mol. The summed E-state index contributed by atoms with van der Waals surface area (Å²) in [5.74, 6) is -0.997. The van der Waals surface area contributed by atoms with Crippen LogP contribution in [0.3, 0.4) is 0 Å². The molecule has 0 bridgehead atoms. The molecule has 0 saturated heterocycles. The van der Waals surface area contributed by atoms with Gasteiger partial charge in [0, 0.05) is 12.1 Å². The molecule has 0 spiro atoms. The second kappa shape index (κ2) is 4.91. The number of halogens is 2. The predicted octanol–water partition coefficient (Wildman–Crippen LogP) is 3.35. The van der Waals surface area contributed by atoms with E-state index in [1.165, 1.54) is 31.4 Å². The molecule has 0 aliphatic heterocycles. The molecule has 0 radical (unpaired) electrons. The van der Waals surface area contributed by atoms with E-state index in [1.54, 1.807) is 6.07 Å². The predicted molar refractivity (Wildman–Crippen MR) is 63.8 cm³/mol. The van der Waals surface area contributed by atoms with Crippen LogP contribution in [0, 0.1) is 11.6 Å². The molecule has 0 aromatic heterocycles. The number of hydrogen-bond donors (Lipinski definition) is 1. The first-order valence-corrected chi connectivity index (χ1v) is 5.17. The van der Waals surface area contributed by atoms with Crippen molar-refractivity contribution < 1.29 is 18.3 Å². The number of benzene rings is 2. The number of anilines is 1. The first-order valence-electron chi connectivity index (χ1n) is 5.17. The number of nitrogens with two attached hydrogens (primary N) is 1. The number of methoxy groups -OCH3 is 1. The van der Waals surface area contributed by atoms with Crippen LogP contribution in [0.1, 0.15) is 0 Å². The highest BCUT2D eigenvalue weighted by Crippen LogP contribution is 2.34. The van der Waals surface area contributed by atoms with Gasteiger partial charge in [0.1, 0.15) is 0 Å². The molecule has 2 rings (SSSR count). The zero-order chi connectivity index (χ0) is 13.1. The fourth-order valence-corrected chi connectivity index (χ4v) is 1.44. The van der Waals surface area contributed by atoms with Crippen LogP contribution in [0.4, 0.5) is 14.5 Å². The summed E-state index contributed by atoms with van der Waals surface area (Å²) in [7, 11) is 1.32. The van der Waals surface area contributed by atoms with Crippen molar-refractivity contribution >= 4 is 5.69 Å². The third kappa shape index (κ3) is 2.34. The maximum atomic E-state index is 13.4. The lowest BCUT2D eigenvalue weighted by molar-refractivity contribution is 0.380. The Hall–Kier alpha value is -2.30. The first kappa shape index (κ1) is 12.2. The molecule has 94 valence electrons. The van der Waals surface area contributed by atoms with Gasteiger partial charge in [-0.05, 0) is 12.1 Å². The van der Waals surface area contributed by atoms with Crippen molar-refractivity contribution in [1.29, 1.82) is 0 Å². The van der Waals surface area contributed by atoms with Crippen LogP contribution in [0.2, 0.25) is 0 Å². The highest BCUT2D eigenvalue weighted by Gasteiger charge is 2.11. The molecule has 0 aliphatic rings. The molecule has 0 unspecified atom stereocenters. The Morgan fingerprint density at radius 2 is 1.67 bits per heavy atom. The quantitative estimate of drug-likeness (QED) is 0.851. The molecule has 0 aliphatic carbocycles. The Balaban J connectivity index is 2.38. The lowest BCUT2D eigenvalue weighted by Crippen LogP contribution is -1.97. The Bertz CT molecular complexity index is 573. The molecule has 5 heteroatoms. The average Bonchev–Trinajstić information content (AvgIpc) is 2.35. The van der Waals surface area contributed by atoms with Gasteiger partial charge in [0.15, 0.2) is 28.9 Å². The van der Waals surface area contributed by atoms with Crippen LogP contribution in [0.15, 0.2) is 36.4 Å². The third-order valence-electron chi connectivity index (χ3n) is 2.34. The van der Waals surface area contributed by atoms with Gasteiger partial charge in [-0.2, -0.15) is 0 Å². The lowest BCUT2D eigenvalue weighted by Gasteiger charge is -2.11. The smallest absolute Gasteiger partial charge is 0.167 e. The summed E-state index contributed by atoms with van der Waals surface area (Å²) in [5, 5.41) is 0. The van der Waals surface area contributed by atoms with Crippen molar-refractivity contribution in [3.05, 3.63) is 48.0 Å². The van der Waals surface area contributed by atoms with E-state index in [-0.39, 0.29) is 22.9 Å². The van der Waals surface area contributed by atoms with Gasteiger partial charge < -0.3 is 15.2 Å². The fraction of sp³-hybridized carbons (Fsp3) is 0.0769. The normalized spacial score (nSPS) is 10.2. The van der Waals surface area contributed by atoms with E-state index in [1.807, 2.05) is 0 Å². The molecule has 2 N–H and O–H groups in total. The minimum Gasteiger partial charge on any atom is -0.494 e. The molecule has 0 heterocycles. The Morgan fingerprint density at radius 1 is 0.944 bits per heavy atom. The highest BCUT2D eigenvalue weighted by atomic mass is 19.1. The second-order valence-electron chi connectivity index (χ2n) is 3.56. The van der Waals surface area contributed by atoms with Crippen LogP contribution < -0.4 is 15.2 Å². The summed E-state index contributed by atoms with van der Waals surface area (Å²) in [6.07, 6.45) is 0. The van der Waals surface area contributed by atoms with Crippen LogP contribution in [0.5, 0.6) is 17.2 Å². The topological polar surface area (TPSA) is 44.5 Å². The molecular formula is C13H11F2NO2. The largest absolute Gasteiger partial charge is 0.494 e. The third-order valence-corrected chi connectivity index (χ3v) is 2.34. The number of nitrogen functional groups attached to an aromatic ring is 1. The highest BCUT2D eigenvalue weighted by molar-refractivity contribution is 5.57. The van der Waals surface area contributed by atoms with Crippen molar-refractivity contribution in [1.82, 2.24) is 0 Å². The van der Waals surface area contributed by atoms with E-state index in [0.717, 1.165) is 6.07 Å². The van der Waals surface area contributed by atoms with Crippen molar-refractivity contribution in [3.8, 4) is 17.2 Å². The monoisotopic (exact) mass is 251 g/mol. The van der Waals surface area contributed by atoms with Crippen molar-refractivity contribution in [3.63, 3.8) is 0 Å². The van der Waals surface area contributed by atoms with Gasteiger partial charge in [0.2, 0.25) is 0 Å². The maximum absolute atomic E-state index is 13.4. The van der Waals surface area contributed by atoms with Gasteiger partial charge in [0.05, 0.1) is 12.8 Å².